The first kappa shape index (κ1) is 35.1. The Bertz CT molecular complexity index is 1110. The molecule has 0 aromatic carbocycles. The van der Waals surface area contributed by atoms with Gasteiger partial charge < -0.3 is 23.4 Å². The summed E-state index contributed by atoms with van der Waals surface area (Å²) in [4.78, 5) is 13.3. The van der Waals surface area contributed by atoms with Crippen molar-refractivity contribution in [2.24, 2.45) is 11.8 Å². The fourth-order valence-electron chi connectivity index (χ4n) is 6.39. The molecule has 1 fully saturated rings. The second kappa shape index (κ2) is 15.2. The van der Waals surface area contributed by atoms with E-state index >= 15 is 0 Å². The van der Waals surface area contributed by atoms with E-state index in [2.05, 4.69) is 91.6 Å². The molecule has 6 nitrogen and oxygen atoms in total. The van der Waals surface area contributed by atoms with Crippen LogP contribution in [-0.4, -0.2) is 63.6 Å². The van der Waals surface area contributed by atoms with Crippen LogP contribution in [0.4, 0.5) is 0 Å². The molecule has 4 heterocycles. The normalized spacial score (nSPS) is 36.0. The fourth-order valence-corrected chi connectivity index (χ4v) is 7.66. The molecule has 4 aliphatic heterocycles. The van der Waals surface area contributed by atoms with E-state index in [1.807, 2.05) is 6.08 Å². The Balaban J connectivity index is 1.59. The minimum Gasteiger partial charge on any atom is -0.456 e. The van der Waals surface area contributed by atoms with Crippen LogP contribution in [0.3, 0.4) is 0 Å². The van der Waals surface area contributed by atoms with E-state index < -0.39 is 20.5 Å². The lowest BCUT2D eigenvalue weighted by molar-refractivity contribution is -0.147. The standard InChI is InChI=1S/C37H58O6Si/c1-25-18-19-39-30(22-25)16-17-32(43-44(8,9)37(5,6)7)33-24-34-36(42-34)28(4)21-26(2)20-27(3)23-31-14-10-12-29(40-31)13-11-15-35(38)41-33/h10-12,15-18,27-34,36H,2,13-14,19-24H2,1,3-9H3/b15-11-,17-16+/t27-,28-,29-,30+,31-,32+,33-,34+,36+/m0/s1. The number of ether oxygens (including phenoxy) is 4. The van der Waals surface area contributed by atoms with Gasteiger partial charge in [0.25, 0.3) is 0 Å². The van der Waals surface area contributed by atoms with Crippen LogP contribution in [0.15, 0.2) is 60.3 Å². The maximum atomic E-state index is 13.3. The summed E-state index contributed by atoms with van der Waals surface area (Å²) in [6, 6.07) is 0. The summed E-state index contributed by atoms with van der Waals surface area (Å²) in [6.45, 7) is 22.9. The van der Waals surface area contributed by atoms with Crippen molar-refractivity contribution in [3.8, 4) is 0 Å². The van der Waals surface area contributed by atoms with Crippen LogP contribution in [-0.2, 0) is 28.2 Å². The number of fused-ring (bicyclic) bond motifs is 3. The van der Waals surface area contributed by atoms with Gasteiger partial charge in [0.2, 0.25) is 0 Å². The zero-order valence-electron chi connectivity index (χ0n) is 28.6. The SMILES string of the molecule is C=C1C[C@H](C)C[C@@H]2CC=C[C@@H](C/C=C\C(=O)O[C@H]([C@@H](/C=C/[C@@H]3CC(C)=CCO3)O[Si](C)(C)C(C)(C)C)C[C@H]3O[C@@H]3[C@@H](C)C1)O2. The Morgan fingerprint density at radius 2 is 1.84 bits per heavy atom. The van der Waals surface area contributed by atoms with Crippen molar-refractivity contribution in [1.29, 1.82) is 0 Å². The predicted octanol–water partition coefficient (Wildman–Crippen LogP) is 8.41. The van der Waals surface area contributed by atoms with Crippen LogP contribution < -0.4 is 0 Å². The van der Waals surface area contributed by atoms with Gasteiger partial charge in [-0.3, -0.25) is 0 Å². The van der Waals surface area contributed by atoms with E-state index in [1.54, 1.807) is 6.08 Å². The Morgan fingerprint density at radius 3 is 2.57 bits per heavy atom. The van der Waals surface area contributed by atoms with Crippen LogP contribution in [0.25, 0.3) is 0 Å². The van der Waals surface area contributed by atoms with Crippen LogP contribution >= 0.6 is 0 Å². The lowest BCUT2D eigenvalue weighted by atomic mass is 9.88. The molecule has 246 valence electrons. The minimum atomic E-state index is -2.22. The molecule has 4 rings (SSSR count). The summed E-state index contributed by atoms with van der Waals surface area (Å²) < 4.78 is 31.9. The number of hydrogen-bond donors (Lipinski definition) is 0. The summed E-state index contributed by atoms with van der Waals surface area (Å²) >= 11 is 0. The summed E-state index contributed by atoms with van der Waals surface area (Å²) in [5, 5.41) is -0.00476. The van der Waals surface area contributed by atoms with Crippen LogP contribution in [0.1, 0.15) is 86.5 Å². The van der Waals surface area contributed by atoms with E-state index in [4.69, 9.17) is 23.4 Å². The first-order valence-corrected chi connectivity index (χ1v) is 19.8. The van der Waals surface area contributed by atoms with Crippen molar-refractivity contribution in [2.45, 2.75) is 147 Å². The van der Waals surface area contributed by atoms with Crippen molar-refractivity contribution in [1.82, 2.24) is 0 Å². The Labute approximate surface area is 268 Å². The van der Waals surface area contributed by atoms with Crippen molar-refractivity contribution < 1.29 is 28.2 Å². The molecule has 0 aromatic rings. The highest BCUT2D eigenvalue weighted by Crippen LogP contribution is 2.41. The fraction of sp³-hybridized carbons (Fsp3) is 0.703. The number of allylic oxidation sites excluding steroid dienone is 1. The van der Waals surface area contributed by atoms with Gasteiger partial charge in [-0.2, -0.15) is 0 Å². The van der Waals surface area contributed by atoms with Gasteiger partial charge in [0.15, 0.2) is 8.32 Å². The first-order valence-electron chi connectivity index (χ1n) is 16.8. The Hall–Kier alpha value is -1.77. The molecule has 1 saturated heterocycles. The van der Waals surface area contributed by atoms with E-state index in [-0.39, 0.29) is 41.5 Å². The maximum Gasteiger partial charge on any atom is 0.330 e. The molecule has 0 unspecified atom stereocenters. The molecule has 0 amide bonds. The van der Waals surface area contributed by atoms with Crippen molar-refractivity contribution in [3.05, 3.63) is 60.3 Å². The van der Waals surface area contributed by atoms with Crippen molar-refractivity contribution in [2.75, 3.05) is 6.61 Å². The largest absolute Gasteiger partial charge is 0.456 e. The molecule has 0 spiro atoms. The highest BCUT2D eigenvalue weighted by Gasteiger charge is 2.47. The van der Waals surface area contributed by atoms with E-state index in [9.17, 15) is 4.79 Å². The third-order valence-electron chi connectivity index (χ3n) is 9.95. The molecule has 44 heavy (non-hydrogen) atoms. The summed E-state index contributed by atoms with van der Waals surface area (Å²) in [7, 11) is -2.22. The van der Waals surface area contributed by atoms with Crippen molar-refractivity contribution >= 4 is 14.3 Å². The number of carbonyl (C=O) groups is 1. The number of rotatable bonds is 5. The first-order chi connectivity index (χ1) is 20.7. The Morgan fingerprint density at radius 1 is 1.07 bits per heavy atom. The van der Waals surface area contributed by atoms with Gasteiger partial charge in [0.1, 0.15) is 12.2 Å². The maximum absolute atomic E-state index is 13.3. The number of hydrogen-bond acceptors (Lipinski definition) is 6. The summed E-state index contributed by atoms with van der Waals surface area (Å²) in [5.41, 5.74) is 2.59. The highest BCUT2D eigenvalue weighted by molar-refractivity contribution is 6.74. The zero-order chi connectivity index (χ0) is 32.1. The smallest absolute Gasteiger partial charge is 0.330 e. The second-order valence-electron chi connectivity index (χ2n) is 15.3. The zero-order valence-corrected chi connectivity index (χ0v) is 29.6. The third-order valence-corrected chi connectivity index (χ3v) is 14.4. The summed E-state index contributed by atoms with van der Waals surface area (Å²) in [5.74, 6) is 0.488. The average Bonchev–Trinajstić information content (AvgIpc) is 3.69. The van der Waals surface area contributed by atoms with Crippen LogP contribution in [0.2, 0.25) is 18.1 Å². The van der Waals surface area contributed by atoms with Gasteiger partial charge in [0, 0.05) is 12.5 Å². The van der Waals surface area contributed by atoms with E-state index in [0.717, 1.165) is 32.1 Å². The molecule has 7 heteroatoms. The molecule has 0 N–H and O–H groups in total. The number of esters is 1. The van der Waals surface area contributed by atoms with Crippen LogP contribution in [0, 0.1) is 11.8 Å². The molecule has 9 atom stereocenters. The lowest BCUT2D eigenvalue weighted by Gasteiger charge is -2.40. The number of carbonyl (C=O) groups excluding carboxylic acids is 1. The van der Waals surface area contributed by atoms with Gasteiger partial charge in [-0.15, -0.1) is 0 Å². The Kier molecular flexibility index (Phi) is 12.1. The predicted molar refractivity (Wildman–Crippen MR) is 180 cm³/mol. The monoisotopic (exact) mass is 626 g/mol. The quantitative estimate of drug-likeness (QED) is 0.132. The van der Waals surface area contributed by atoms with E-state index in [0.29, 0.717) is 31.3 Å². The summed E-state index contributed by atoms with van der Waals surface area (Å²) in [6.07, 6.45) is 19.4. The molecule has 0 saturated carbocycles. The topological polar surface area (TPSA) is 66.5 Å². The second-order valence-corrected chi connectivity index (χ2v) is 20.0. The number of cyclic esters (lactones) is 1. The molecule has 4 aliphatic rings. The van der Waals surface area contributed by atoms with Crippen molar-refractivity contribution in [3.63, 3.8) is 0 Å². The van der Waals surface area contributed by atoms with Crippen LogP contribution in [0.5, 0.6) is 0 Å². The number of epoxide rings is 1. The molecular formula is C37H58O6Si. The average molecular weight is 627 g/mol. The van der Waals surface area contributed by atoms with Gasteiger partial charge in [-0.1, -0.05) is 88.8 Å². The minimum absolute atomic E-state index is 0.00476. The lowest BCUT2D eigenvalue weighted by Crippen LogP contribution is -2.47. The highest BCUT2D eigenvalue weighted by atomic mass is 28.4. The van der Waals surface area contributed by atoms with Gasteiger partial charge in [-0.25, -0.2) is 4.79 Å². The molecule has 0 aromatic heterocycles. The third kappa shape index (κ3) is 10.4. The van der Waals surface area contributed by atoms with Gasteiger partial charge >= 0.3 is 5.97 Å². The van der Waals surface area contributed by atoms with Gasteiger partial charge in [-0.05, 0) is 75.4 Å². The molecule has 0 radical (unpaired) electrons. The molecular weight excluding hydrogens is 568 g/mol. The molecule has 0 aliphatic carbocycles. The van der Waals surface area contributed by atoms with E-state index in [1.165, 1.54) is 11.1 Å². The van der Waals surface area contributed by atoms with Gasteiger partial charge in [0.05, 0.1) is 37.1 Å². The molecule has 2 bridgehead atoms.